The molecular formula is C30H35N7O2. The summed E-state index contributed by atoms with van der Waals surface area (Å²) in [5.41, 5.74) is 12.3. The molecule has 9 nitrogen and oxygen atoms in total. The van der Waals surface area contributed by atoms with Crippen molar-refractivity contribution >= 4 is 28.3 Å². The van der Waals surface area contributed by atoms with Crippen molar-refractivity contribution in [2.24, 2.45) is 17.6 Å². The Morgan fingerprint density at radius 2 is 1.95 bits per heavy atom. The second kappa shape index (κ2) is 8.79. The Hall–Kier alpha value is -3.43. The minimum atomic E-state index is 0.0666. The van der Waals surface area contributed by atoms with E-state index in [0.717, 1.165) is 91.6 Å². The lowest BCUT2D eigenvalue weighted by atomic mass is 10.1. The number of ether oxygens (including phenoxy) is 1. The van der Waals surface area contributed by atoms with Crippen molar-refractivity contribution in [2.75, 3.05) is 37.7 Å². The fourth-order valence-electron chi connectivity index (χ4n) is 7.02. The van der Waals surface area contributed by atoms with Crippen LogP contribution in [0.15, 0.2) is 36.5 Å². The largest absolute Gasteiger partial charge is 0.378 e. The predicted molar refractivity (Wildman–Crippen MR) is 150 cm³/mol. The smallest absolute Gasteiger partial charge is 0.255 e. The Kier molecular flexibility index (Phi) is 5.29. The number of rotatable bonds is 5. The van der Waals surface area contributed by atoms with E-state index in [-0.39, 0.29) is 18.0 Å². The van der Waals surface area contributed by atoms with E-state index >= 15 is 0 Å². The molecule has 6 heterocycles. The lowest BCUT2D eigenvalue weighted by molar-refractivity contribution is 0.0700. The normalized spacial score (nSPS) is 24.9. The summed E-state index contributed by atoms with van der Waals surface area (Å²) < 4.78 is 9.81. The molecule has 0 aromatic carbocycles. The van der Waals surface area contributed by atoms with Gasteiger partial charge in [0.15, 0.2) is 0 Å². The summed E-state index contributed by atoms with van der Waals surface area (Å²) in [6, 6.07) is 10.8. The lowest BCUT2D eigenvalue weighted by Gasteiger charge is -2.27. The molecule has 4 fully saturated rings. The van der Waals surface area contributed by atoms with Crippen molar-refractivity contribution in [3.05, 3.63) is 47.7 Å². The molecule has 202 valence electrons. The molecule has 3 atom stereocenters. The number of carbonyl (C=O) groups is 1. The molecule has 4 aliphatic rings. The predicted octanol–water partition coefficient (Wildman–Crippen LogP) is 3.47. The van der Waals surface area contributed by atoms with E-state index in [1.165, 1.54) is 12.8 Å². The van der Waals surface area contributed by atoms with Crippen molar-refractivity contribution in [3.8, 4) is 11.4 Å². The Balaban J connectivity index is 1.18. The number of hydrogen-bond acceptors (Lipinski definition) is 6. The minimum absolute atomic E-state index is 0.0666. The van der Waals surface area contributed by atoms with Gasteiger partial charge in [0.25, 0.3) is 5.91 Å². The van der Waals surface area contributed by atoms with Gasteiger partial charge in [0.05, 0.1) is 30.0 Å². The van der Waals surface area contributed by atoms with E-state index in [1.54, 1.807) is 0 Å². The van der Waals surface area contributed by atoms with Crippen LogP contribution >= 0.6 is 0 Å². The first-order valence-electron chi connectivity index (χ1n) is 14.4. The number of anilines is 1. The number of fused-ring (bicyclic) bond motifs is 4. The third kappa shape index (κ3) is 3.77. The molecule has 39 heavy (non-hydrogen) atoms. The summed E-state index contributed by atoms with van der Waals surface area (Å²) in [5.74, 6) is 2.21. The average molecular weight is 526 g/mol. The summed E-state index contributed by atoms with van der Waals surface area (Å²) >= 11 is 0. The van der Waals surface area contributed by atoms with Crippen LogP contribution in [-0.2, 0) is 11.3 Å². The van der Waals surface area contributed by atoms with E-state index in [2.05, 4.69) is 34.6 Å². The van der Waals surface area contributed by atoms with Gasteiger partial charge >= 0.3 is 0 Å². The molecule has 0 spiro atoms. The van der Waals surface area contributed by atoms with Gasteiger partial charge in [-0.25, -0.2) is 9.50 Å². The zero-order valence-electron chi connectivity index (χ0n) is 22.4. The summed E-state index contributed by atoms with van der Waals surface area (Å²) in [6.07, 6.45) is 6.57. The zero-order valence-corrected chi connectivity index (χ0v) is 22.4. The highest BCUT2D eigenvalue weighted by molar-refractivity contribution is 5.95. The number of amides is 1. The number of nitrogens with two attached hydrogens (primary N) is 1. The molecule has 2 aliphatic carbocycles. The number of morpholine rings is 1. The first-order chi connectivity index (χ1) is 19.0. The van der Waals surface area contributed by atoms with Crippen LogP contribution in [0.1, 0.15) is 41.6 Å². The Bertz CT molecular complexity index is 1600. The first kappa shape index (κ1) is 23.5. The minimum Gasteiger partial charge on any atom is -0.378 e. The van der Waals surface area contributed by atoms with Crippen molar-refractivity contribution < 1.29 is 9.53 Å². The molecule has 2 bridgehead atoms. The first-order valence-corrected chi connectivity index (χ1v) is 14.4. The Labute approximate surface area is 227 Å². The molecule has 8 rings (SSSR count). The summed E-state index contributed by atoms with van der Waals surface area (Å²) in [6.45, 7) is 7.07. The number of aryl methyl sites for hydroxylation is 1. The highest BCUT2D eigenvalue weighted by Gasteiger charge is 2.46. The molecule has 2 unspecified atom stereocenters. The number of hydrogen-bond donors (Lipinski definition) is 1. The molecule has 4 aromatic heterocycles. The second-order valence-electron chi connectivity index (χ2n) is 11.9. The van der Waals surface area contributed by atoms with E-state index < -0.39 is 0 Å². The molecular weight excluding hydrogens is 490 g/mol. The van der Waals surface area contributed by atoms with Gasteiger partial charge < -0.3 is 24.8 Å². The fourth-order valence-corrected chi connectivity index (χ4v) is 7.02. The van der Waals surface area contributed by atoms with Crippen molar-refractivity contribution in [2.45, 2.75) is 51.2 Å². The van der Waals surface area contributed by atoms with Crippen LogP contribution in [0.2, 0.25) is 0 Å². The van der Waals surface area contributed by atoms with Crippen LogP contribution in [0.3, 0.4) is 0 Å². The van der Waals surface area contributed by atoms with Gasteiger partial charge in [0.1, 0.15) is 17.2 Å². The standard InChI is InChI=1S/C30H35N7O2/c1-18-23-7-5-22(30(38)36-16-21-4-8-24(36)27(21)31)17-37(23)33-28(18)25-14-20-6-9-26(34-10-12-39-13-11-34)32-29(20)35(25)15-19-2-3-19/h5-7,9,14,17,19,21,24,27H,2-4,8,10-13,15-16,31H2,1H3/t21?,24?,27-/m1/s1. The van der Waals surface area contributed by atoms with Crippen molar-refractivity contribution in [1.29, 1.82) is 0 Å². The Morgan fingerprint density at radius 3 is 2.69 bits per heavy atom. The van der Waals surface area contributed by atoms with Gasteiger partial charge in [-0.3, -0.25) is 4.79 Å². The van der Waals surface area contributed by atoms with E-state index in [0.29, 0.717) is 17.4 Å². The number of piperidine rings is 1. The van der Waals surface area contributed by atoms with Gasteiger partial charge in [-0.1, -0.05) is 0 Å². The van der Waals surface area contributed by atoms with Crippen LogP contribution in [0.4, 0.5) is 5.82 Å². The monoisotopic (exact) mass is 525 g/mol. The fraction of sp³-hybridized carbons (Fsp3) is 0.500. The molecule has 2 aliphatic heterocycles. The number of carbonyl (C=O) groups excluding carboxylic acids is 1. The lowest BCUT2D eigenvalue weighted by Crippen LogP contribution is -2.41. The van der Waals surface area contributed by atoms with Crippen LogP contribution < -0.4 is 10.6 Å². The van der Waals surface area contributed by atoms with Crippen LogP contribution in [0.5, 0.6) is 0 Å². The van der Waals surface area contributed by atoms with E-state index in [4.69, 9.17) is 20.6 Å². The number of aromatic nitrogens is 4. The average Bonchev–Trinajstić information content (AvgIpc) is 3.38. The summed E-state index contributed by atoms with van der Waals surface area (Å²) in [7, 11) is 0. The molecule has 2 N–H and O–H groups in total. The second-order valence-corrected chi connectivity index (χ2v) is 11.9. The number of pyridine rings is 2. The summed E-state index contributed by atoms with van der Waals surface area (Å²) in [5, 5.41) is 6.19. The SMILES string of the molecule is Cc1c(-c2cc3ccc(N4CCOCC4)nc3n2CC2CC2)nn2cc(C(=O)N3CC4CCC3[C@@H]4N)ccc12. The third-order valence-corrected chi connectivity index (χ3v) is 9.48. The van der Waals surface area contributed by atoms with Gasteiger partial charge in [-0.05, 0) is 74.8 Å². The highest BCUT2D eigenvalue weighted by atomic mass is 16.5. The molecule has 9 heteroatoms. The molecule has 0 radical (unpaired) electrons. The van der Waals surface area contributed by atoms with E-state index in [1.807, 2.05) is 27.7 Å². The van der Waals surface area contributed by atoms with E-state index in [9.17, 15) is 4.79 Å². The van der Waals surface area contributed by atoms with Gasteiger partial charge in [0, 0.05) is 55.4 Å². The zero-order chi connectivity index (χ0) is 26.2. The molecule has 2 saturated heterocycles. The Morgan fingerprint density at radius 1 is 1.10 bits per heavy atom. The molecule has 1 amide bonds. The maximum absolute atomic E-state index is 13.5. The van der Waals surface area contributed by atoms with Crippen LogP contribution in [-0.4, -0.2) is 74.9 Å². The molecule has 4 aromatic rings. The summed E-state index contributed by atoms with van der Waals surface area (Å²) in [4.78, 5) is 22.9. The maximum atomic E-state index is 13.5. The third-order valence-electron chi connectivity index (χ3n) is 9.48. The highest BCUT2D eigenvalue weighted by Crippen LogP contribution is 2.39. The number of likely N-dealkylation sites (tertiary alicyclic amines) is 1. The van der Waals surface area contributed by atoms with Gasteiger partial charge in [0.2, 0.25) is 0 Å². The quantitative estimate of drug-likeness (QED) is 0.429. The van der Waals surface area contributed by atoms with Crippen molar-refractivity contribution in [1.82, 2.24) is 24.1 Å². The number of nitrogens with zero attached hydrogens (tertiary/aromatic N) is 6. The van der Waals surface area contributed by atoms with Gasteiger partial charge in [-0.15, -0.1) is 0 Å². The van der Waals surface area contributed by atoms with Crippen LogP contribution in [0.25, 0.3) is 27.9 Å². The van der Waals surface area contributed by atoms with Gasteiger partial charge in [-0.2, -0.15) is 5.10 Å². The topological polar surface area (TPSA) is 93.9 Å². The maximum Gasteiger partial charge on any atom is 0.255 e. The van der Waals surface area contributed by atoms with Crippen LogP contribution in [0, 0.1) is 18.8 Å². The van der Waals surface area contributed by atoms with Crippen molar-refractivity contribution in [3.63, 3.8) is 0 Å². The molecule has 2 saturated carbocycles.